The molecule has 88 valence electrons. The lowest BCUT2D eigenvalue weighted by Crippen LogP contribution is -2.02. The van der Waals surface area contributed by atoms with Crippen LogP contribution in [0.15, 0.2) is 53.0 Å². The summed E-state index contributed by atoms with van der Waals surface area (Å²) in [4.78, 5) is 0. The molecular weight excluding hydrogens is 278 g/mol. The van der Waals surface area contributed by atoms with E-state index < -0.39 is 6.10 Å². The smallest absolute Gasteiger partial charge is 0.0831 e. The number of hydrogen-bond donors (Lipinski definition) is 2. The van der Waals surface area contributed by atoms with Crippen LogP contribution >= 0.6 is 15.9 Å². The van der Waals surface area contributed by atoms with E-state index in [0.717, 1.165) is 15.6 Å². The van der Waals surface area contributed by atoms with Crippen molar-refractivity contribution in [1.82, 2.24) is 0 Å². The zero-order valence-electron chi connectivity index (χ0n) is 9.31. The van der Waals surface area contributed by atoms with Gasteiger partial charge in [-0.1, -0.05) is 40.2 Å². The quantitative estimate of drug-likeness (QED) is 0.853. The van der Waals surface area contributed by atoms with Crippen molar-refractivity contribution in [2.75, 3.05) is 5.73 Å². The molecule has 2 aromatic rings. The minimum absolute atomic E-state index is 0.521. The van der Waals surface area contributed by atoms with Crippen molar-refractivity contribution in [2.45, 2.75) is 12.5 Å². The number of aliphatic hydroxyl groups excluding tert-OH is 1. The van der Waals surface area contributed by atoms with Gasteiger partial charge >= 0.3 is 0 Å². The van der Waals surface area contributed by atoms with Crippen molar-refractivity contribution in [3.8, 4) is 0 Å². The van der Waals surface area contributed by atoms with Crippen LogP contribution in [0.1, 0.15) is 17.2 Å². The van der Waals surface area contributed by atoms with E-state index in [0.29, 0.717) is 12.1 Å². The van der Waals surface area contributed by atoms with E-state index in [1.807, 2.05) is 48.5 Å². The zero-order valence-corrected chi connectivity index (χ0v) is 10.9. The van der Waals surface area contributed by atoms with E-state index in [1.54, 1.807) is 0 Å². The molecule has 0 amide bonds. The van der Waals surface area contributed by atoms with Gasteiger partial charge in [-0.3, -0.25) is 0 Å². The number of hydrogen-bond acceptors (Lipinski definition) is 2. The Bertz CT molecular complexity index is 513. The van der Waals surface area contributed by atoms with Crippen molar-refractivity contribution in [1.29, 1.82) is 0 Å². The summed E-state index contributed by atoms with van der Waals surface area (Å²) in [6, 6.07) is 15.3. The molecule has 0 spiro atoms. The molecule has 3 heteroatoms. The first-order chi connectivity index (χ1) is 8.15. The number of aliphatic hydroxyl groups is 1. The molecule has 0 fully saturated rings. The van der Waals surface area contributed by atoms with Gasteiger partial charge in [-0.15, -0.1) is 0 Å². The number of anilines is 1. The summed E-state index contributed by atoms with van der Waals surface area (Å²) < 4.78 is 1.02. The van der Waals surface area contributed by atoms with Gasteiger partial charge in [-0.25, -0.2) is 0 Å². The Morgan fingerprint density at radius 1 is 1.12 bits per heavy atom. The second-order valence-corrected chi connectivity index (χ2v) is 4.94. The summed E-state index contributed by atoms with van der Waals surface area (Å²) in [7, 11) is 0. The molecule has 2 aromatic carbocycles. The molecule has 0 radical (unpaired) electrons. The molecule has 0 aliphatic rings. The first kappa shape index (κ1) is 12.1. The van der Waals surface area contributed by atoms with Gasteiger partial charge in [0.1, 0.15) is 0 Å². The van der Waals surface area contributed by atoms with Gasteiger partial charge in [0.15, 0.2) is 0 Å². The van der Waals surface area contributed by atoms with Gasteiger partial charge in [0.25, 0.3) is 0 Å². The maximum absolute atomic E-state index is 10.1. The lowest BCUT2D eigenvalue weighted by atomic mass is 10.0. The number of halogens is 1. The monoisotopic (exact) mass is 291 g/mol. The van der Waals surface area contributed by atoms with Crippen LogP contribution in [0, 0.1) is 0 Å². The Morgan fingerprint density at radius 2 is 1.88 bits per heavy atom. The highest BCUT2D eigenvalue weighted by atomic mass is 79.9. The summed E-state index contributed by atoms with van der Waals surface area (Å²) in [6.45, 7) is 0. The van der Waals surface area contributed by atoms with E-state index in [-0.39, 0.29) is 0 Å². The normalized spacial score (nSPS) is 12.4. The topological polar surface area (TPSA) is 46.2 Å². The molecule has 0 aromatic heterocycles. The van der Waals surface area contributed by atoms with E-state index >= 15 is 0 Å². The van der Waals surface area contributed by atoms with E-state index in [2.05, 4.69) is 15.9 Å². The molecule has 0 heterocycles. The fourth-order valence-electron chi connectivity index (χ4n) is 1.77. The Kier molecular flexibility index (Phi) is 3.82. The molecule has 0 aliphatic carbocycles. The van der Waals surface area contributed by atoms with Gasteiger partial charge in [0.05, 0.1) is 6.10 Å². The first-order valence-electron chi connectivity index (χ1n) is 5.43. The zero-order chi connectivity index (χ0) is 12.3. The SMILES string of the molecule is Nc1cccc(C(O)Cc2cccc(Br)c2)c1. The van der Waals surface area contributed by atoms with Crippen LogP contribution in [-0.2, 0) is 6.42 Å². The van der Waals surface area contributed by atoms with Crippen LogP contribution in [0.2, 0.25) is 0 Å². The Balaban J connectivity index is 2.14. The molecule has 1 unspecified atom stereocenters. The second-order valence-electron chi connectivity index (χ2n) is 4.02. The molecule has 0 aliphatic heterocycles. The minimum atomic E-state index is -0.521. The van der Waals surface area contributed by atoms with E-state index in [4.69, 9.17) is 5.73 Å². The van der Waals surface area contributed by atoms with Crippen molar-refractivity contribution in [2.24, 2.45) is 0 Å². The van der Waals surface area contributed by atoms with Gasteiger partial charge in [0.2, 0.25) is 0 Å². The van der Waals surface area contributed by atoms with Gasteiger partial charge in [-0.05, 0) is 35.4 Å². The van der Waals surface area contributed by atoms with Crippen molar-refractivity contribution >= 4 is 21.6 Å². The molecule has 3 N–H and O–H groups in total. The highest BCUT2D eigenvalue weighted by molar-refractivity contribution is 9.10. The Hall–Kier alpha value is -1.32. The van der Waals surface area contributed by atoms with Gasteiger partial charge in [-0.2, -0.15) is 0 Å². The summed E-state index contributed by atoms with van der Waals surface area (Å²) in [5.41, 5.74) is 8.32. The molecule has 0 bridgehead atoms. The fraction of sp³-hybridized carbons (Fsp3) is 0.143. The maximum Gasteiger partial charge on any atom is 0.0831 e. The highest BCUT2D eigenvalue weighted by Gasteiger charge is 2.08. The number of nitrogens with two attached hydrogens (primary N) is 1. The third-order valence-electron chi connectivity index (χ3n) is 2.61. The second kappa shape index (κ2) is 5.34. The lowest BCUT2D eigenvalue weighted by molar-refractivity contribution is 0.178. The van der Waals surface area contributed by atoms with Crippen LogP contribution in [0.4, 0.5) is 5.69 Å². The van der Waals surface area contributed by atoms with Crippen LogP contribution in [0.5, 0.6) is 0 Å². The molecule has 2 nitrogen and oxygen atoms in total. The predicted molar refractivity (Wildman–Crippen MR) is 73.7 cm³/mol. The molecule has 0 saturated heterocycles. The summed E-state index contributed by atoms with van der Waals surface area (Å²) in [5, 5.41) is 10.1. The standard InChI is InChI=1S/C14H14BrNO/c15-12-5-1-3-10(7-12)8-14(17)11-4-2-6-13(16)9-11/h1-7,9,14,17H,8,16H2. The summed E-state index contributed by atoms with van der Waals surface area (Å²) in [5.74, 6) is 0. The predicted octanol–water partition coefficient (Wildman–Crippen LogP) is 3.31. The van der Waals surface area contributed by atoms with Gasteiger partial charge in [0, 0.05) is 16.6 Å². The molecule has 0 saturated carbocycles. The average molecular weight is 292 g/mol. The molecule has 17 heavy (non-hydrogen) atoms. The number of nitrogen functional groups attached to an aromatic ring is 1. The Morgan fingerprint density at radius 3 is 2.59 bits per heavy atom. The van der Waals surface area contributed by atoms with Crippen molar-refractivity contribution in [3.05, 3.63) is 64.1 Å². The van der Waals surface area contributed by atoms with E-state index in [1.165, 1.54) is 0 Å². The number of rotatable bonds is 3. The fourth-order valence-corrected chi connectivity index (χ4v) is 2.22. The highest BCUT2D eigenvalue weighted by Crippen LogP contribution is 2.21. The number of benzene rings is 2. The lowest BCUT2D eigenvalue weighted by Gasteiger charge is -2.11. The van der Waals surface area contributed by atoms with Gasteiger partial charge < -0.3 is 10.8 Å². The Labute approximate surface area is 109 Å². The maximum atomic E-state index is 10.1. The first-order valence-corrected chi connectivity index (χ1v) is 6.22. The van der Waals surface area contributed by atoms with Crippen LogP contribution in [0.3, 0.4) is 0 Å². The van der Waals surface area contributed by atoms with Crippen molar-refractivity contribution < 1.29 is 5.11 Å². The summed E-state index contributed by atoms with van der Waals surface area (Å²) in [6.07, 6.45) is 0.0656. The van der Waals surface area contributed by atoms with E-state index in [9.17, 15) is 5.11 Å². The third kappa shape index (κ3) is 3.32. The third-order valence-corrected chi connectivity index (χ3v) is 3.11. The van der Waals surface area contributed by atoms with Crippen LogP contribution in [-0.4, -0.2) is 5.11 Å². The van der Waals surface area contributed by atoms with Crippen LogP contribution in [0.25, 0.3) is 0 Å². The minimum Gasteiger partial charge on any atom is -0.399 e. The molecule has 2 rings (SSSR count). The average Bonchev–Trinajstić information content (AvgIpc) is 2.29. The largest absolute Gasteiger partial charge is 0.399 e. The van der Waals surface area contributed by atoms with Crippen molar-refractivity contribution in [3.63, 3.8) is 0 Å². The molecular formula is C14H14BrNO. The van der Waals surface area contributed by atoms with Crippen LogP contribution < -0.4 is 5.73 Å². The summed E-state index contributed by atoms with van der Waals surface area (Å²) >= 11 is 3.42. The molecule has 1 atom stereocenters.